The standard InChI is InChI=1S/C10H18NO4P/c1-4-9(10-8(11)6-7-14-10)16(12,13-3)15-5-2/h6-7,9H,4-5,11H2,1-3H3. The minimum absolute atomic E-state index is 0.322. The lowest BCUT2D eigenvalue weighted by Gasteiger charge is -2.23. The van der Waals surface area contributed by atoms with E-state index in [4.69, 9.17) is 19.2 Å². The van der Waals surface area contributed by atoms with Gasteiger partial charge in [-0.1, -0.05) is 6.92 Å². The predicted molar refractivity (Wildman–Crippen MR) is 62.4 cm³/mol. The summed E-state index contributed by atoms with van der Waals surface area (Å²) in [6.07, 6.45) is 2.04. The van der Waals surface area contributed by atoms with Gasteiger partial charge in [0.15, 0.2) is 0 Å². The Morgan fingerprint density at radius 3 is 2.62 bits per heavy atom. The normalized spacial score (nSPS) is 16.9. The molecule has 92 valence electrons. The average molecular weight is 247 g/mol. The molecule has 0 radical (unpaired) electrons. The van der Waals surface area contributed by atoms with Crippen LogP contribution in [0.1, 0.15) is 31.7 Å². The highest BCUT2D eigenvalue weighted by molar-refractivity contribution is 7.54. The number of nitrogen functional groups attached to an aromatic ring is 1. The van der Waals surface area contributed by atoms with E-state index in [0.717, 1.165) is 0 Å². The fourth-order valence-electron chi connectivity index (χ4n) is 1.60. The second kappa shape index (κ2) is 5.53. The SMILES string of the molecule is CCOP(=O)(OC)C(CC)c1occc1N. The molecule has 0 saturated carbocycles. The summed E-state index contributed by atoms with van der Waals surface area (Å²) in [6.45, 7) is 3.98. The second-order valence-corrected chi connectivity index (χ2v) is 5.63. The number of hydrogen-bond acceptors (Lipinski definition) is 5. The van der Waals surface area contributed by atoms with Crippen molar-refractivity contribution < 1.29 is 18.0 Å². The predicted octanol–water partition coefficient (Wildman–Crippen LogP) is 3.19. The molecule has 0 spiro atoms. The number of anilines is 1. The lowest BCUT2D eigenvalue weighted by atomic mass is 10.2. The van der Waals surface area contributed by atoms with Crippen LogP contribution in [-0.4, -0.2) is 13.7 Å². The zero-order chi connectivity index (χ0) is 12.2. The average Bonchev–Trinajstić information content (AvgIpc) is 2.66. The van der Waals surface area contributed by atoms with Crippen LogP contribution in [0.15, 0.2) is 16.7 Å². The van der Waals surface area contributed by atoms with Crippen molar-refractivity contribution in [3.05, 3.63) is 18.1 Å². The molecule has 0 bridgehead atoms. The Bertz CT molecular complexity index is 377. The molecule has 0 aliphatic carbocycles. The molecule has 0 amide bonds. The molecule has 0 aromatic carbocycles. The van der Waals surface area contributed by atoms with Gasteiger partial charge in [0.25, 0.3) is 0 Å². The molecule has 5 nitrogen and oxygen atoms in total. The summed E-state index contributed by atoms with van der Waals surface area (Å²) >= 11 is 0. The highest BCUT2D eigenvalue weighted by Crippen LogP contribution is 2.62. The van der Waals surface area contributed by atoms with Crippen molar-refractivity contribution in [1.29, 1.82) is 0 Å². The largest absolute Gasteiger partial charge is 0.466 e. The van der Waals surface area contributed by atoms with Crippen LogP contribution in [0.2, 0.25) is 0 Å². The van der Waals surface area contributed by atoms with Gasteiger partial charge in [-0.3, -0.25) is 4.57 Å². The third-order valence-electron chi connectivity index (χ3n) is 2.36. The molecule has 1 rings (SSSR count). The van der Waals surface area contributed by atoms with E-state index < -0.39 is 13.3 Å². The fraction of sp³-hybridized carbons (Fsp3) is 0.600. The molecule has 2 atom stereocenters. The maximum atomic E-state index is 12.4. The first-order valence-corrected chi connectivity index (χ1v) is 6.83. The van der Waals surface area contributed by atoms with Crippen molar-refractivity contribution in [2.24, 2.45) is 0 Å². The van der Waals surface area contributed by atoms with Crippen LogP contribution < -0.4 is 5.73 Å². The molecule has 2 unspecified atom stereocenters. The number of nitrogens with two attached hydrogens (primary N) is 1. The highest BCUT2D eigenvalue weighted by Gasteiger charge is 2.37. The van der Waals surface area contributed by atoms with Crippen LogP contribution in [0.5, 0.6) is 0 Å². The van der Waals surface area contributed by atoms with Gasteiger partial charge >= 0.3 is 7.60 Å². The van der Waals surface area contributed by atoms with Crippen LogP contribution in [0, 0.1) is 0 Å². The summed E-state index contributed by atoms with van der Waals surface area (Å²) in [6, 6.07) is 1.63. The van der Waals surface area contributed by atoms with Gasteiger partial charge in [0.05, 0.1) is 18.6 Å². The van der Waals surface area contributed by atoms with Crippen molar-refractivity contribution in [2.45, 2.75) is 25.9 Å². The zero-order valence-electron chi connectivity index (χ0n) is 9.80. The van der Waals surface area contributed by atoms with Crippen molar-refractivity contribution in [2.75, 3.05) is 19.5 Å². The van der Waals surface area contributed by atoms with Crippen LogP contribution in [0.3, 0.4) is 0 Å². The van der Waals surface area contributed by atoms with Gasteiger partial charge in [-0.05, 0) is 19.4 Å². The Morgan fingerprint density at radius 2 is 2.25 bits per heavy atom. The van der Waals surface area contributed by atoms with E-state index in [1.807, 2.05) is 6.92 Å². The number of furan rings is 1. The molecule has 1 aromatic rings. The first kappa shape index (κ1) is 13.3. The Hall–Kier alpha value is -0.770. The summed E-state index contributed by atoms with van der Waals surface area (Å²) in [4.78, 5) is 0. The lowest BCUT2D eigenvalue weighted by Crippen LogP contribution is -2.05. The van der Waals surface area contributed by atoms with E-state index in [9.17, 15) is 4.57 Å². The first-order valence-electron chi connectivity index (χ1n) is 5.21. The first-order chi connectivity index (χ1) is 7.59. The highest BCUT2D eigenvalue weighted by atomic mass is 31.2. The van der Waals surface area contributed by atoms with Gasteiger partial charge in [0, 0.05) is 7.11 Å². The van der Waals surface area contributed by atoms with Crippen LogP contribution in [0.4, 0.5) is 5.69 Å². The van der Waals surface area contributed by atoms with Gasteiger partial charge < -0.3 is 19.2 Å². The molecule has 0 saturated heterocycles. The molecule has 0 fully saturated rings. The minimum atomic E-state index is -3.20. The molecule has 6 heteroatoms. The zero-order valence-corrected chi connectivity index (χ0v) is 10.7. The van der Waals surface area contributed by atoms with Gasteiger partial charge in [-0.15, -0.1) is 0 Å². The van der Waals surface area contributed by atoms with Gasteiger partial charge in [0.1, 0.15) is 11.4 Å². The molecule has 2 N–H and O–H groups in total. The van der Waals surface area contributed by atoms with E-state index in [1.165, 1.54) is 13.4 Å². The molecular formula is C10H18NO4P. The third-order valence-corrected chi connectivity index (χ3v) is 4.85. The van der Waals surface area contributed by atoms with E-state index in [0.29, 0.717) is 24.5 Å². The summed E-state index contributed by atoms with van der Waals surface area (Å²) < 4.78 is 27.9. The van der Waals surface area contributed by atoms with E-state index in [2.05, 4.69) is 0 Å². The van der Waals surface area contributed by atoms with Gasteiger partial charge in [-0.25, -0.2) is 0 Å². The number of hydrogen-bond donors (Lipinski definition) is 1. The van der Waals surface area contributed by atoms with E-state index >= 15 is 0 Å². The van der Waals surface area contributed by atoms with E-state index in [1.54, 1.807) is 13.0 Å². The maximum Gasteiger partial charge on any atom is 0.341 e. The summed E-state index contributed by atoms with van der Waals surface area (Å²) in [5, 5.41) is 0. The Kier molecular flexibility index (Phi) is 4.59. The lowest BCUT2D eigenvalue weighted by molar-refractivity contribution is 0.231. The molecule has 0 aliphatic heterocycles. The van der Waals surface area contributed by atoms with Crippen molar-refractivity contribution in [3.8, 4) is 0 Å². The molecule has 1 aromatic heterocycles. The quantitative estimate of drug-likeness (QED) is 0.781. The molecule has 1 heterocycles. The van der Waals surface area contributed by atoms with Crippen LogP contribution in [-0.2, 0) is 13.6 Å². The maximum absolute atomic E-state index is 12.4. The summed E-state index contributed by atoms with van der Waals surface area (Å²) in [7, 11) is -1.83. The summed E-state index contributed by atoms with van der Waals surface area (Å²) in [5.41, 5.74) is 5.76. The fourth-order valence-corrected chi connectivity index (χ4v) is 3.45. The monoisotopic (exact) mass is 247 g/mol. The number of rotatable bonds is 6. The Labute approximate surface area is 95.4 Å². The minimum Gasteiger partial charge on any atom is -0.466 e. The van der Waals surface area contributed by atoms with Gasteiger partial charge in [0.2, 0.25) is 0 Å². The summed E-state index contributed by atoms with van der Waals surface area (Å²) in [5.74, 6) is 0.473. The van der Waals surface area contributed by atoms with Crippen molar-refractivity contribution >= 4 is 13.3 Å². The Morgan fingerprint density at radius 1 is 1.56 bits per heavy atom. The van der Waals surface area contributed by atoms with E-state index in [-0.39, 0.29) is 0 Å². The van der Waals surface area contributed by atoms with Crippen molar-refractivity contribution in [1.82, 2.24) is 0 Å². The molecule has 16 heavy (non-hydrogen) atoms. The molecular weight excluding hydrogens is 229 g/mol. The van der Waals surface area contributed by atoms with Gasteiger partial charge in [-0.2, -0.15) is 0 Å². The second-order valence-electron chi connectivity index (χ2n) is 3.30. The topological polar surface area (TPSA) is 74.7 Å². The smallest absolute Gasteiger partial charge is 0.341 e. The van der Waals surface area contributed by atoms with Crippen molar-refractivity contribution in [3.63, 3.8) is 0 Å². The third kappa shape index (κ3) is 2.48. The van der Waals surface area contributed by atoms with Crippen LogP contribution in [0.25, 0.3) is 0 Å². The Balaban J connectivity index is 3.06. The van der Waals surface area contributed by atoms with Crippen LogP contribution >= 0.6 is 7.60 Å². The molecule has 0 aliphatic rings.